The van der Waals surface area contributed by atoms with E-state index in [0.717, 1.165) is 18.6 Å². The molecular weight excluding hydrogens is 336 g/mol. The minimum Gasteiger partial charge on any atom is -0.459 e. The van der Waals surface area contributed by atoms with Gasteiger partial charge in [-0.1, -0.05) is 24.3 Å². The van der Waals surface area contributed by atoms with Crippen molar-refractivity contribution in [1.29, 1.82) is 0 Å². The molecule has 3 rings (SSSR count). The van der Waals surface area contributed by atoms with Crippen LogP contribution < -0.4 is 10.6 Å². The van der Waals surface area contributed by atoms with Crippen LogP contribution in [0.2, 0.25) is 0 Å². The molecule has 2 aromatic rings. The van der Waals surface area contributed by atoms with Crippen LogP contribution in [0.15, 0.2) is 47.1 Å². The van der Waals surface area contributed by atoms with Crippen molar-refractivity contribution in [3.8, 4) is 0 Å². The van der Waals surface area contributed by atoms with Crippen molar-refractivity contribution in [2.75, 3.05) is 12.0 Å². The highest BCUT2D eigenvalue weighted by Crippen LogP contribution is 2.30. The van der Waals surface area contributed by atoms with Crippen molar-refractivity contribution in [3.05, 3.63) is 59.5 Å². The van der Waals surface area contributed by atoms with Gasteiger partial charge in [-0.25, -0.2) is 0 Å². The van der Waals surface area contributed by atoms with Crippen LogP contribution in [-0.2, 0) is 11.2 Å². The lowest BCUT2D eigenvalue weighted by Gasteiger charge is -2.21. The van der Waals surface area contributed by atoms with Gasteiger partial charge in [0.15, 0.2) is 5.76 Å². The Morgan fingerprint density at radius 3 is 2.88 bits per heavy atom. The van der Waals surface area contributed by atoms with Crippen molar-refractivity contribution in [3.63, 3.8) is 0 Å². The van der Waals surface area contributed by atoms with E-state index in [0.29, 0.717) is 6.42 Å². The van der Waals surface area contributed by atoms with E-state index in [1.807, 2.05) is 18.4 Å². The van der Waals surface area contributed by atoms with E-state index in [2.05, 4.69) is 22.8 Å². The number of carbonyl (C=O) groups excluding carboxylic acids is 2. The van der Waals surface area contributed by atoms with Gasteiger partial charge in [0, 0.05) is 0 Å². The molecular formula is C19H22N2O3S. The summed E-state index contributed by atoms with van der Waals surface area (Å²) >= 11 is 1.65. The van der Waals surface area contributed by atoms with Crippen molar-refractivity contribution in [2.24, 2.45) is 0 Å². The molecule has 0 spiro atoms. The number of benzene rings is 1. The van der Waals surface area contributed by atoms with E-state index in [1.54, 1.807) is 23.9 Å². The normalized spacial score (nSPS) is 16.9. The van der Waals surface area contributed by atoms with Gasteiger partial charge in [0.2, 0.25) is 5.91 Å². The lowest BCUT2D eigenvalue weighted by molar-refractivity contribution is -0.123. The molecule has 6 heteroatoms. The summed E-state index contributed by atoms with van der Waals surface area (Å²) < 4.78 is 5.11. The second-order valence-electron chi connectivity index (χ2n) is 6.08. The maximum atomic E-state index is 12.8. The number of aryl methyl sites for hydroxylation is 1. The van der Waals surface area contributed by atoms with E-state index in [-0.39, 0.29) is 23.6 Å². The number of furan rings is 1. The molecule has 0 saturated carbocycles. The zero-order valence-electron chi connectivity index (χ0n) is 14.2. The lowest BCUT2D eigenvalue weighted by atomic mass is 10.1. The number of amides is 2. The molecule has 1 aliphatic carbocycles. The predicted molar refractivity (Wildman–Crippen MR) is 98.6 cm³/mol. The first-order valence-corrected chi connectivity index (χ1v) is 9.80. The molecule has 1 aromatic heterocycles. The fourth-order valence-electron chi connectivity index (χ4n) is 3.12. The summed E-state index contributed by atoms with van der Waals surface area (Å²) in [6, 6.07) is 10.9. The van der Waals surface area contributed by atoms with Crippen LogP contribution in [0, 0.1) is 0 Å². The average Bonchev–Trinajstić information content (AvgIpc) is 3.29. The molecule has 2 N–H and O–H groups in total. The molecule has 132 valence electrons. The smallest absolute Gasteiger partial charge is 0.287 e. The van der Waals surface area contributed by atoms with Gasteiger partial charge in [-0.15, -0.1) is 0 Å². The maximum Gasteiger partial charge on any atom is 0.287 e. The van der Waals surface area contributed by atoms with E-state index in [9.17, 15) is 9.59 Å². The third kappa shape index (κ3) is 4.25. The van der Waals surface area contributed by atoms with Gasteiger partial charge in [-0.05, 0) is 54.5 Å². The van der Waals surface area contributed by atoms with Crippen molar-refractivity contribution in [1.82, 2.24) is 10.6 Å². The van der Waals surface area contributed by atoms with Gasteiger partial charge in [-0.2, -0.15) is 11.8 Å². The maximum absolute atomic E-state index is 12.8. The van der Waals surface area contributed by atoms with Gasteiger partial charge in [0.1, 0.15) is 6.04 Å². The summed E-state index contributed by atoms with van der Waals surface area (Å²) in [5.74, 6) is 0.500. The Morgan fingerprint density at radius 2 is 2.12 bits per heavy atom. The molecule has 5 nitrogen and oxygen atoms in total. The fraction of sp³-hybridized carbons (Fsp3) is 0.368. The summed E-state index contributed by atoms with van der Waals surface area (Å²) in [5.41, 5.74) is 2.46. The van der Waals surface area contributed by atoms with Crippen molar-refractivity contribution >= 4 is 23.6 Å². The largest absolute Gasteiger partial charge is 0.459 e. The topological polar surface area (TPSA) is 71.3 Å². The average molecular weight is 358 g/mol. The zero-order chi connectivity index (χ0) is 17.6. The molecule has 2 unspecified atom stereocenters. The Morgan fingerprint density at radius 1 is 1.28 bits per heavy atom. The number of hydrogen-bond donors (Lipinski definition) is 2. The van der Waals surface area contributed by atoms with Crippen LogP contribution in [0.25, 0.3) is 0 Å². The van der Waals surface area contributed by atoms with Gasteiger partial charge >= 0.3 is 0 Å². The summed E-state index contributed by atoms with van der Waals surface area (Å²) in [5, 5.41) is 5.90. The summed E-state index contributed by atoms with van der Waals surface area (Å²) in [6.45, 7) is 0. The number of nitrogens with one attached hydrogen (secondary N) is 2. The molecule has 0 fully saturated rings. The fourth-order valence-corrected chi connectivity index (χ4v) is 3.59. The highest BCUT2D eigenvalue weighted by Gasteiger charge is 2.28. The van der Waals surface area contributed by atoms with Gasteiger partial charge in [-0.3, -0.25) is 9.59 Å². The first-order valence-electron chi connectivity index (χ1n) is 8.40. The van der Waals surface area contributed by atoms with Crippen LogP contribution in [0.3, 0.4) is 0 Å². The second kappa shape index (κ2) is 8.25. The number of hydrogen-bond acceptors (Lipinski definition) is 4. The van der Waals surface area contributed by atoms with Gasteiger partial charge in [0.25, 0.3) is 5.91 Å². The SMILES string of the molecule is CSCCC(NC(=O)c1ccco1)C(=O)NC1CCc2ccccc21. The quantitative estimate of drug-likeness (QED) is 0.798. The molecule has 1 aliphatic rings. The monoisotopic (exact) mass is 358 g/mol. The highest BCUT2D eigenvalue weighted by atomic mass is 32.2. The summed E-state index contributed by atoms with van der Waals surface area (Å²) in [4.78, 5) is 25.0. The Kier molecular flexibility index (Phi) is 5.81. The van der Waals surface area contributed by atoms with E-state index in [4.69, 9.17) is 4.42 Å². The van der Waals surface area contributed by atoms with E-state index < -0.39 is 6.04 Å². The highest BCUT2D eigenvalue weighted by molar-refractivity contribution is 7.98. The Hall–Kier alpha value is -2.21. The van der Waals surface area contributed by atoms with Crippen molar-refractivity contribution in [2.45, 2.75) is 31.3 Å². The van der Waals surface area contributed by atoms with Gasteiger partial charge < -0.3 is 15.1 Å². The van der Waals surface area contributed by atoms with Gasteiger partial charge in [0.05, 0.1) is 12.3 Å². The Labute approximate surface area is 151 Å². The van der Waals surface area contributed by atoms with E-state index in [1.165, 1.54) is 17.4 Å². The van der Waals surface area contributed by atoms with Crippen molar-refractivity contribution < 1.29 is 14.0 Å². The Bertz CT molecular complexity index is 730. The first-order chi connectivity index (χ1) is 12.2. The third-order valence-electron chi connectivity index (χ3n) is 4.43. The molecule has 1 heterocycles. The molecule has 2 atom stereocenters. The molecule has 1 aromatic carbocycles. The molecule has 2 amide bonds. The molecule has 0 saturated heterocycles. The van der Waals surface area contributed by atoms with E-state index >= 15 is 0 Å². The number of rotatable bonds is 7. The molecule has 25 heavy (non-hydrogen) atoms. The lowest BCUT2D eigenvalue weighted by Crippen LogP contribution is -2.47. The molecule has 0 radical (unpaired) electrons. The molecule has 0 bridgehead atoms. The van der Waals surface area contributed by atoms with Crippen LogP contribution in [0.4, 0.5) is 0 Å². The van der Waals surface area contributed by atoms with Crippen LogP contribution in [-0.4, -0.2) is 29.9 Å². The number of carbonyl (C=O) groups is 2. The summed E-state index contributed by atoms with van der Waals surface area (Å²) in [6.07, 6.45) is 5.87. The first kappa shape index (κ1) is 17.6. The van der Waals surface area contributed by atoms with Crippen LogP contribution >= 0.6 is 11.8 Å². The Balaban J connectivity index is 1.66. The standard InChI is InChI=1S/C19H22N2O3S/c1-25-12-10-16(21-19(23)17-7-4-11-24-17)18(22)20-15-9-8-13-5-2-3-6-14(13)15/h2-7,11,15-16H,8-10,12H2,1H3,(H,20,22)(H,21,23). The number of thioether (sulfide) groups is 1. The summed E-state index contributed by atoms with van der Waals surface area (Å²) in [7, 11) is 0. The van der Waals surface area contributed by atoms with Crippen LogP contribution in [0.5, 0.6) is 0 Å². The van der Waals surface area contributed by atoms with Crippen LogP contribution in [0.1, 0.15) is 40.6 Å². The molecule has 0 aliphatic heterocycles. The number of fused-ring (bicyclic) bond motifs is 1. The predicted octanol–water partition coefficient (Wildman–Crippen LogP) is 2.93. The third-order valence-corrected chi connectivity index (χ3v) is 5.07. The minimum atomic E-state index is -0.571. The second-order valence-corrected chi connectivity index (χ2v) is 7.07. The zero-order valence-corrected chi connectivity index (χ0v) is 15.0. The minimum absolute atomic E-state index is 0.0148.